The van der Waals surface area contributed by atoms with Crippen LogP contribution in [0.1, 0.15) is 18.1 Å². The van der Waals surface area contributed by atoms with Gasteiger partial charge in [0.1, 0.15) is 0 Å². The summed E-state index contributed by atoms with van der Waals surface area (Å²) in [5.74, 6) is -0.0937. The second-order valence-electron chi connectivity index (χ2n) is 4.36. The highest BCUT2D eigenvalue weighted by atomic mass is 32.2. The predicted molar refractivity (Wildman–Crippen MR) is 71.3 cm³/mol. The monoisotopic (exact) mass is 272 g/mol. The number of hydrogen-bond donors (Lipinski definition) is 2. The van der Waals surface area contributed by atoms with Crippen molar-refractivity contribution in [1.82, 2.24) is 4.31 Å². The molecule has 0 aromatic heterocycles. The minimum absolute atomic E-state index is 0.0904. The maximum atomic E-state index is 12.1. The summed E-state index contributed by atoms with van der Waals surface area (Å²) in [7, 11) is -1.96. The molecule has 1 aromatic rings. The van der Waals surface area contributed by atoms with Crippen molar-refractivity contribution in [2.45, 2.75) is 25.3 Å². The van der Waals surface area contributed by atoms with Gasteiger partial charge in [0.25, 0.3) is 0 Å². The highest BCUT2D eigenvalue weighted by Crippen LogP contribution is 2.14. The van der Waals surface area contributed by atoms with E-state index in [9.17, 15) is 13.5 Å². The van der Waals surface area contributed by atoms with Gasteiger partial charge >= 0.3 is 0 Å². The van der Waals surface area contributed by atoms with Crippen LogP contribution in [-0.2, 0) is 22.3 Å². The Morgan fingerprint density at radius 1 is 1.33 bits per heavy atom. The number of aliphatic hydroxyl groups is 1. The fourth-order valence-electron chi connectivity index (χ4n) is 1.69. The third-order valence-corrected chi connectivity index (χ3v) is 4.45. The number of sulfonamides is 1. The molecule has 0 radical (unpaired) electrons. The number of rotatable bonds is 6. The van der Waals surface area contributed by atoms with E-state index in [1.165, 1.54) is 11.4 Å². The van der Waals surface area contributed by atoms with E-state index in [1.807, 2.05) is 12.1 Å². The van der Waals surface area contributed by atoms with Crippen LogP contribution in [0, 0.1) is 0 Å². The van der Waals surface area contributed by atoms with E-state index in [0.29, 0.717) is 12.1 Å². The summed E-state index contributed by atoms with van der Waals surface area (Å²) in [6.07, 6.45) is -0.686. The molecule has 1 atom stereocenters. The van der Waals surface area contributed by atoms with Crippen molar-refractivity contribution in [2.24, 2.45) is 5.73 Å². The molecule has 0 aliphatic rings. The van der Waals surface area contributed by atoms with E-state index in [0.717, 1.165) is 5.56 Å². The summed E-state index contributed by atoms with van der Waals surface area (Å²) in [4.78, 5) is 0. The van der Waals surface area contributed by atoms with Crippen LogP contribution < -0.4 is 5.73 Å². The standard InChI is InChI=1S/C12H20N2O3S/c1-10(15)8-14(2)18(16,17)9-12-6-4-3-5-11(12)7-13/h3-6,10,15H,7-9,13H2,1-2H3. The van der Waals surface area contributed by atoms with E-state index < -0.39 is 16.1 Å². The van der Waals surface area contributed by atoms with E-state index in [1.54, 1.807) is 19.1 Å². The topological polar surface area (TPSA) is 83.6 Å². The second-order valence-corrected chi connectivity index (χ2v) is 6.43. The molecule has 1 aromatic carbocycles. The SMILES string of the molecule is CC(O)CN(C)S(=O)(=O)Cc1ccccc1CN. The van der Waals surface area contributed by atoms with Gasteiger partial charge in [0.05, 0.1) is 11.9 Å². The molecule has 0 heterocycles. The van der Waals surface area contributed by atoms with Gasteiger partial charge in [-0.15, -0.1) is 0 Å². The molecule has 0 spiro atoms. The number of nitrogens with zero attached hydrogens (tertiary/aromatic N) is 1. The summed E-state index contributed by atoms with van der Waals surface area (Å²) >= 11 is 0. The molecule has 6 heteroatoms. The molecular formula is C12H20N2O3S. The summed E-state index contributed by atoms with van der Waals surface area (Å²) in [5.41, 5.74) is 7.11. The fourth-order valence-corrected chi connectivity index (χ4v) is 3.03. The van der Waals surface area contributed by atoms with E-state index in [4.69, 9.17) is 5.73 Å². The predicted octanol–water partition coefficient (Wildman–Crippen LogP) is 0.288. The minimum atomic E-state index is -3.42. The van der Waals surface area contributed by atoms with Crippen molar-refractivity contribution in [3.63, 3.8) is 0 Å². The molecule has 0 bridgehead atoms. The van der Waals surface area contributed by atoms with E-state index in [2.05, 4.69) is 0 Å². The minimum Gasteiger partial charge on any atom is -0.392 e. The van der Waals surface area contributed by atoms with E-state index >= 15 is 0 Å². The second kappa shape index (κ2) is 6.29. The maximum Gasteiger partial charge on any atom is 0.218 e. The van der Waals surface area contributed by atoms with Gasteiger partial charge in [-0.05, 0) is 18.1 Å². The molecule has 0 aliphatic carbocycles. The molecule has 5 nitrogen and oxygen atoms in total. The van der Waals surface area contributed by atoms with Gasteiger partial charge in [0.2, 0.25) is 10.0 Å². The van der Waals surface area contributed by atoms with Crippen LogP contribution in [-0.4, -0.2) is 37.5 Å². The van der Waals surface area contributed by atoms with Crippen molar-refractivity contribution in [1.29, 1.82) is 0 Å². The van der Waals surface area contributed by atoms with Crippen LogP contribution in [0.25, 0.3) is 0 Å². The smallest absolute Gasteiger partial charge is 0.218 e. The Kier molecular flexibility index (Phi) is 5.28. The van der Waals surface area contributed by atoms with Crippen molar-refractivity contribution in [3.05, 3.63) is 35.4 Å². The zero-order chi connectivity index (χ0) is 13.8. The highest BCUT2D eigenvalue weighted by Gasteiger charge is 2.20. The average Bonchev–Trinajstić information content (AvgIpc) is 2.28. The Labute approximate surface area is 108 Å². The number of nitrogens with two attached hydrogens (primary N) is 1. The molecule has 0 fully saturated rings. The number of benzene rings is 1. The maximum absolute atomic E-state index is 12.1. The lowest BCUT2D eigenvalue weighted by Crippen LogP contribution is -2.34. The number of likely N-dealkylation sites (N-methyl/N-ethyl adjacent to an activating group) is 1. The molecule has 0 amide bonds. The summed E-state index contributed by atoms with van der Waals surface area (Å²) < 4.78 is 25.3. The average molecular weight is 272 g/mol. The largest absolute Gasteiger partial charge is 0.392 e. The van der Waals surface area contributed by atoms with Crippen LogP contribution >= 0.6 is 0 Å². The Morgan fingerprint density at radius 3 is 2.39 bits per heavy atom. The quantitative estimate of drug-likeness (QED) is 0.779. The Balaban J connectivity index is 2.88. The lowest BCUT2D eigenvalue weighted by molar-refractivity contribution is 0.171. The fraction of sp³-hybridized carbons (Fsp3) is 0.500. The van der Waals surface area contributed by atoms with Gasteiger partial charge in [-0.3, -0.25) is 0 Å². The molecule has 18 heavy (non-hydrogen) atoms. The first-order chi connectivity index (χ1) is 8.36. The lowest BCUT2D eigenvalue weighted by Gasteiger charge is -2.19. The third kappa shape index (κ3) is 4.06. The van der Waals surface area contributed by atoms with Crippen molar-refractivity contribution in [3.8, 4) is 0 Å². The molecule has 3 N–H and O–H groups in total. The van der Waals surface area contributed by atoms with Crippen LogP contribution in [0.2, 0.25) is 0 Å². The first-order valence-electron chi connectivity index (χ1n) is 5.75. The lowest BCUT2D eigenvalue weighted by atomic mass is 10.1. The van der Waals surface area contributed by atoms with Gasteiger partial charge in [0.15, 0.2) is 0 Å². The highest BCUT2D eigenvalue weighted by molar-refractivity contribution is 7.88. The molecule has 0 saturated carbocycles. The van der Waals surface area contributed by atoms with Gasteiger partial charge in [-0.25, -0.2) is 12.7 Å². The van der Waals surface area contributed by atoms with Crippen molar-refractivity contribution >= 4 is 10.0 Å². The van der Waals surface area contributed by atoms with Crippen LogP contribution in [0.4, 0.5) is 0 Å². The van der Waals surface area contributed by atoms with Gasteiger partial charge in [-0.1, -0.05) is 24.3 Å². The first-order valence-corrected chi connectivity index (χ1v) is 7.36. The first kappa shape index (κ1) is 15.1. The summed E-state index contributed by atoms with van der Waals surface area (Å²) in [6, 6.07) is 7.20. The van der Waals surface area contributed by atoms with Crippen LogP contribution in [0.5, 0.6) is 0 Å². The van der Waals surface area contributed by atoms with E-state index in [-0.39, 0.29) is 12.3 Å². The zero-order valence-corrected chi connectivity index (χ0v) is 11.5. The van der Waals surface area contributed by atoms with Crippen molar-refractivity contribution < 1.29 is 13.5 Å². The number of aliphatic hydroxyl groups excluding tert-OH is 1. The summed E-state index contributed by atoms with van der Waals surface area (Å²) in [6.45, 7) is 1.96. The zero-order valence-electron chi connectivity index (χ0n) is 10.7. The Morgan fingerprint density at radius 2 is 1.89 bits per heavy atom. The van der Waals surface area contributed by atoms with Crippen molar-refractivity contribution in [2.75, 3.05) is 13.6 Å². The van der Waals surface area contributed by atoms with Crippen LogP contribution in [0.3, 0.4) is 0 Å². The van der Waals surface area contributed by atoms with Gasteiger partial charge < -0.3 is 10.8 Å². The molecule has 1 rings (SSSR count). The molecule has 1 unspecified atom stereocenters. The van der Waals surface area contributed by atoms with Crippen LogP contribution in [0.15, 0.2) is 24.3 Å². The van der Waals surface area contributed by atoms with Gasteiger partial charge in [0, 0.05) is 20.1 Å². The third-order valence-electron chi connectivity index (χ3n) is 2.67. The normalized spacial score (nSPS) is 13.8. The molecular weight excluding hydrogens is 252 g/mol. The Bertz CT molecular complexity index is 486. The Hall–Kier alpha value is -0.950. The van der Waals surface area contributed by atoms with Gasteiger partial charge in [-0.2, -0.15) is 0 Å². The molecule has 0 aliphatic heterocycles. The number of hydrogen-bond acceptors (Lipinski definition) is 4. The molecule has 0 saturated heterocycles. The summed E-state index contributed by atoms with van der Waals surface area (Å²) in [5, 5.41) is 9.23. The molecule has 102 valence electrons.